The summed E-state index contributed by atoms with van der Waals surface area (Å²) in [4.78, 5) is 24.6. The molecule has 0 aliphatic heterocycles. The quantitative estimate of drug-likeness (QED) is 0.297. The molecule has 0 atom stereocenters. The van der Waals surface area contributed by atoms with Crippen LogP contribution < -0.4 is 10.1 Å². The minimum Gasteiger partial charge on any atom is -0.494 e. The molecule has 0 aliphatic rings. The highest BCUT2D eigenvalue weighted by Crippen LogP contribution is 2.29. The standard InChI is InChI=1S/C22H20N6O3S2/c1-2-30-13-7-8-16-17(11-13)33-21(25-16)26-19(29)12-32-22-28-27-20(31-22)10-9-18-23-14-5-3-4-6-15(14)24-18/h3-8,11H,2,9-10,12H2,1H3,(H,23,24)(H,25,26,29). The smallest absolute Gasteiger partial charge is 0.277 e. The molecule has 0 saturated heterocycles. The SMILES string of the molecule is CCOc1ccc2nc(NC(=O)CSc3nnc(CCc4nc5ccccc5[nH]4)o3)sc2c1. The Bertz CT molecular complexity index is 1380. The van der Waals surface area contributed by atoms with E-state index in [0.29, 0.717) is 35.7 Å². The molecule has 0 saturated carbocycles. The second-order valence-electron chi connectivity index (χ2n) is 7.08. The van der Waals surface area contributed by atoms with Crippen LogP contribution in [0.2, 0.25) is 0 Å². The van der Waals surface area contributed by atoms with Gasteiger partial charge in [-0.25, -0.2) is 9.97 Å². The Morgan fingerprint density at radius 1 is 1.15 bits per heavy atom. The average Bonchev–Trinajstić information content (AvgIpc) is 3.53. The number of carbonyl (C=O) groups is 1. The van der Waals surface area contributed by atoms with E-state index in [-0.39, 0.29) is 11.7 Å². The predicted octanol–water partition coefficient (Wildman–Crippen LogP) is 4.47. The van der Waals surface area contributed by atoms with Crippen LogP contribution in [0.25, 0.3) is 21.3 Å². The third-order valence-electron chi connectivity index (χ3n) is 4.71. The maximum atomic E-state index is 12.3. The van der Waals surface area contributed by atoms with Crippen molar-refractivity contribution in [3.8, 4) is 5.75 Å². The summed E-state index contributed by atoms with van der Waals surface area (Å²) in [5.74, 6) is 2.12. The van der Waals surface area contributed by atoms with Gasteiger partial charge in [0.25, 0.3) is 5.22 Å². The number of hydrogen-bond donors (Lipinski definition) is 2. The van der Waals surface area contributed by atoms with Crippen LogP contribution in [0.1, 0.15) is 18.6 Å². The number of anilines is 1. The van der Waals surface area contributed by atoms with E-state index in [1.165, 1.54) is 23.1 Å². The zero-order valence-electron chi connectivity index (χ0n) is 17.7. The van der Waals surface area contributed by atoms with Crippen molar-refractivity contribution in [1.82, 2.24) is 25.1 Å². The number of aromatic amines is 1. The van der Waals surface area contributed by atoms with E-state index >= 15 is 0 Å². The lowest BCUT2D eigenvalue weighted by atomic mass is 10.3. The fraction of sp³-hybridized carbons (Fsp3) is 0.227. The summed E-state index contributed by atoms with van der Waals surface area (Å²) in [6, 6.07) is 13.6. The van der Waals surface area contributed by atoms with Gasteiger partial charge in [-0.1, -0.05) is 35.2 Å². The van der Waals surface area contributed by atoms with Gasteiger partial charge >= 0.3 is 0 Å². The normalized spacial score (nSPS) is 11.3. The summed E-state index contributed by atoms with van der Waals surface area (Å²) in [7, 11) is 0. The number of imidazole rings is 1. The Morgan fingerprint density at radius 2 is 2.06 bits per heavy atom. The van der Waals surface area contributed by atoms with E-state index in [0.717, 1.165) is 32.8 Å². The Kier molecular flexibility index (Phi) is 6.22. The van der Waals surface area contributed by atoms with Gasteiger partial charge in [0.2, 0.25) is 11.8 Å². The number of carbonyl (C=O) groups excluding carboxylic acids is 1. The number of aromatic nitrogens is 5. The van der Waals surface area contributed by atoms with Crippen LogP contribution in [0.4, 0.5) is 5.13 Å². The number of amides is 1. The number of H-pyrrole nitrogens is 1. The number of fused-ring (bicyclic) bond motifs is 2. The van der Waals surface area contributed by atoms with Crippen molar-refractivity contribution in [2.45, 2.75) is 25.0 Å². The number of nitrogens with one attached hydrogen (secondary N) is 2. The first-order valence-corrected chi connectivity index (χ1v) is 12.2. The molecule has 2 N–H and O–H groups in total. The van der Waals surface area contributed by atoms with Gasteiger partial charge < -0.3 is 19.5 Å². The van der Waals surface area contributed by atoms with E-state index in [1.807, 2.05) is 49.4 Å². The Morgan fingerprint density at radius 3 is 2.94 bits per heavy atom. The molecule has 0 fully saturated rings. The number of aryl methyl sites for hydroxylation is 2. The van der Waals surface area contributed by atoms with Crippen molar-refractivity contribution >= 4 is 55.4 Å². The zero-order valence-corrected chi connectivity index (χ0v) is 19.3. The van der Waals surface area contributed by atoms with E-state index in [1.54, 1.807) is 0 Å². The largest absolute Gasteiger partial charge is 0.494 e. The van der Waals surface area contributed by atoms with Gasteiger partial charge in [-0.3, -0.25) is 4.79 Å². The van der Waals surface area contributed by atoms with Gasteiger partial charge in [0, 0.05) is 12.8 Å². The second kappa shape index (κ2) is 9.59. The van der Waals surface area contributed by atoms with Crippen LogP contribution in [0.5, 0.6) is 5.75 Å². The van der Waals surface area contributed by atoms with E-state index in [4.69, 9.17) is 9.15 Å². The molecule has 9 nitrogen and oxygen atoms in total. The summed E-state index contributed by atoms with van der Waals surface area (Å²) in [5.41, 5.74) is 2.75. The molecule has 1 amide bonds. The lowest BCUT2D eigenvalue weighted by Crippen LogP contribution is -2.13. The maximum absolute atomic E-state index is 12.3. The minimum absolute atomic E-state index is 0.144. The first-order chi connectivity index (χ1) is 16.2. The van der Waals surface area contributed by atoms with Gasteiger partial charge in [-0.05, 0) is 37.3 Å². The molecule has 168 valence electrons. The molecule has 0 aliphatic carbocycles. The number of thioether (sulfide) groups is 1. The van der Waals surface area contributed by atoms with Crippen LogP contribution in [-0.4, -0.2) is 43.4 Å². The molecule has 5 aromatic rings. The number of rotatable bonds is 9. The molecule has 3 heterocycles. The fourth-order valence-corrected chi connectivity index (χ4v) is 4.74. The van der Waals surface area contributed by atoms with Gasteiger partial charge in [-0.2, -0.15) is 0 Å². The molecular weight excluding hydrogens is 460 g/mol. The van der Waals surface area contributed by atoms with Gasteiger partial charge in [0.1, 0.15) is 11.6 Å². The maximum Gasteiger partial charge on any atom is 0.277 e. The monoisotopic (exact) mass is 480 g/mol. The minimum atomic E-state index is -0.189. The van der Waals surface area contributed by atoms with Gasteiger partial charge in [0.05, 0.1) is 33.6 Å². The summed E-state index contributed by atoms with van der Waals surface area (Å²) in [6.45, 7) is 2.54. The van der Waals surface area contributed by atoms with Crippen LogP contribution in [0.15, 0.2) is 52.1 Å². The molecule has 0 spiro atoms. The molecule has 33 heavy (non-hydrogen) atoms. The molecule has 11 heteroatoms. The molecule has 5 rings (SSSR count). The second-order valence-corrected chi connectivity index (χ2v) is 9.04. The molecule has 0 bridgehead atoms. The third-order valence-corrected chi connectivity index (χ3v) is 6.46. The number of para-hydroxylation sites is 2. The lowest BCUT2D eigenvalue weighted by Gasteiger charge is -2.00. The van der Waals surface area contributed by atoms with Gasteiger partial charge in [0.15, 0.2) is 5.13 Å². The van der Waals surface area contributed by atoms with Crippen LogP contribution >= 0.6 is 23.1 Å². The number of nitrogens with zero attached hydrogens (tertiary/aromatic N) is 4. The van der Waals surface area contributed by atoms with Crippen molar-refractivity contribution in [2.24, 2.45) is 0 Å². The third kappa shape index (κ3) is 5.15. The summed E-state index contributed by atoms with van der Waals surface area (Å²) < 4.78 is 12.1. The van der Waals surface area contributed by atoms with Gasteiger partial charge in [-0.15, -0.1) is 10.2 Å². The fourth-order valence-electron chi connectivity index (χ4n) is 3.24. The highest BCUT2D eigenvalue weighted by Gasteiger charge is 2.13. The van der Waals surface area contributed by atoms with E-state index < -0.39 is 0 Å². The molecule has 3 aromatic heterocycles. The number of ether oxygens (including phenoxy) is 1. The predicted molar refractivity (Wildman–Crippen MR) is 128 cm³/mol. The first kappa shape index (κ1) is 21.4. The zero-order chi connectivity index (χ0) is 22.6. The number of benzene rings is 2. The first-order valence-electron chi connectivity index (χ1n) is 10.4. The highest BCUT2D eigenvalue weighted by molar-refractivity contribution is 7.99. The van der Waals surface area contributed by atoms with Crippen LogP contribution in [0, 0.1) is 0 Å². The van der Waals surface area contributed by atoms with Crippen molar-refractivity contribution in [1.29, 1.82) is 0 Å². The van der Waals surface area contributed by atoms with Crippen molar-refractivity contribution in [3.63, 3.8) is 0 Å². The summed E-state index contributed by atoms with van der Waals surface area (Å²) in [5, 5.41) is 11.8. The van der Waals surface area contributed by atoms with Crippen molar-refractivity contribution in [3.05, 3.63) is 54.2 Å². The average molecular weight is 481 g/mol. The Hall–Kier alpha value is -3.44. The topological polar surface area (TPSA) is 119 Å². The Balaban J connectivity index is 1.12. The lowest BCUT2D eigenvalue weighted by molar-refractivity contribution is -0.113. The highest BCUT2D eigenvalue weighted by atomic mass is 32.2. The van der Waals surface area contributed by atoms with Crippen LogP contribution in [-0.2, 0) is 17.6 Å². The van der Waals surface area contributed by atoms with Crippen LogP contribution in [0.3, 0.4) is 0 Å². The molecule has 2 aromatic carbocycles. The van der Waals surface area contributed by atoms with Crippen molar-refractivity contribution in [2.75, 3.05) is 17.7 Å². The molecular formula is C22H20N6O3S2. The van der Waals surface area contributed by atoms with E-state index in [9.17, 15) is 4.79 Å². The molecule has 0 unspecified atom stereocenters. The Labute approximate surface area is 197 Å². The number of hydrogen-bond acceptors (Lipinski definition) is 9. The van der Waals surface area contributed by atoms with E-state index in [2.05, 4.69) is 30.5 Å². The summed E-state index contributed by atoms with van der Waals surface area (Å²) >= 11 is 2.60. The number of thiazole rings is 1. The molecule has 0 radical (unpaired) electrons. The van der Waals surface area contributed by atoms with Crippen molar-refractivity contribution < 1.29 is 13.9 Å². The summed E-state index contributed by atoms with van der Waals surface area (Å²) in [6.07, 6.45) is 1.22.